The fourth-order valence-electron chi connectivity index (χ4n) is 10.9. The van der Waals surface area contributed by atoms with Crippen LogP contribution in [0, 0.1) is 0 Å². The van der Waals surface area contributed by atoms with Gasteiger partial charge >= 0.3 is 0 Å². The maximum atomic E-state index is 2.53. The van der Waals surface area contributed by atoms with Gasteiger partial charge in [-0.2, -0.15) is 0 Å². The molecule has 0 saturated heterocycles. The summed E-state index contributed by atoms with van der Waals surface area (Å²) in [5.41, 5.74) is 23.7. The highest BCUT2D eigenvalue weighted by Crippen LogP contribution is 2.65. The molecule has 278 valence electrons. The van der Waals surface area contributed by atoms with Gasteiger partial charge in [0.1, 0.15) is 0 Å². The molecule has 1 nitrogen and oxygen atoms in total. The molecule has 0 N–H and O–H groups in total. The minimum Gasteiger partial charge on any atom is -0.310 e. The van der Waals surface area contributed by atoms with E-state index in [0.29, 0.717) is 0 Å². The van der Waals surface area contributed by atoms with Crippen LogP contribution in [0.2, 0.25) is 0 Å². The van der Waals surface area contributed by atoms with Crippen LogP contribution < -0.4 is 4.90 Å². The third-order valence-electron chi connectivity index (χ3n) is 13.5. The molecule has 3 aliphatic rings. The molecule has 1 spiro atoms. The van der Waals surface area contributed by atoms with Crippen molar-refractivity contribution in [1.82, 2.24) is 0 Å². The monoisotopic (exact) mass is 751 g/mol. The van der Waals surface area contributed by atoms with Crippen LogP contribution in [0.4, 0.5) is 17.1 Å². The molecule has 0 aliphatic heterocycles. The molecule has 0 amide bonds. The summed E-state index contributed by atoms with van der Waals surface area (Å²) in [6, 6.07) is 79.2. The molecule has 0 aromatic heterocycles. The predicted molar refractivity (Wildman–Crippen MR) is 246 cm³/mol. The SMILES string of the molecule is CC1(C)c2ccccc2-c2ccc(N(c3cccc(-c4ccc(-c5ccccc5)cc4)c3)c3cccc4c3-c3ccccc3C43c4ccccc4-c4ccccc43)cc21. The first kappa shape index (κ1) is 33.9. The number of hydrogen-bond donors (Lipinski definition) is 0. The van der Waals surface area contributed by atoms with Gasteiger partial charge in [0.05, 0.1) is 11.1 Å². The lowest BCUT2D eigenvalue weighted by molar-refractivity contribution is 0.660. The molecule has 9 aromatic carbocycles. The fourth-order valence-corrected chi connectivity index (χ4v) is 10.9. The first-order chi connectivity index (χ1) is 29.0. The van der Waals surface area contributed by atoms with E-state index in [-0.39, 0.29) is 5.41 Å². The van der Waals surface area contributed by atoms with E-state index in [1.807, 2.05) is 0 Å². The Morgan fingerprint density at radius 3 is 1.44 bits per heavy atom. The standard InChI is InChI=1S/C58H41N/c1-57(2)49-24-10-6-20-44(49)47-35-34-43(37-54(47)57)59(42-19-14-18-41(36-42)40-32-30-39(31-33-40)38-16-4-3-5-17-38)55-29-15-28-53-56(55)48-23-9-13-27-52(48)58(53)50-25-11-7-21-45(50)46-22-8-12-26-51(46)58/h3-37H,1-2H3. The summed E-state index contributed by atoms with van der Waals surface area (Å²) >= 11 is 0. The molecule has 59 heavy (non-hydrogen) atoms. The molecule has 0 bridgehead atoms. The smallest absolute Gasteiger partial charge is 0.0726 e. The summed E-state index contributed by atoms with van der Waals surface area (Å²) in [7, 11) is 0. The van der Waals surface area contributed by atoms with Crippen molar-refractivity contribution in [2.75, 3.05) is 4.90 Å². The van der Waals surface area contributed by atoms with Crippen LogP contribution in [0.25, 0.3) is 55.6 Å². The van der Waals surface area contributed by atoms with E-state index >= 15 is 0 Å². The fraction of sp³-hybridized carbons (Fsp3) is 0.0690. The van der Waals surface area contributed by atoms with E-state index in [4.69, 9.17) is 0 Å². The Labute approximate surface area is 346 Å². The van der Waals surface area contributed by atoms with Crippen molar-refractivity contribution in [2.45, 2.75) is 24.7 Å². The second kappa shape index (κ2) is 12.6. The second-order valence-electron chi connectivity index (χ2n) is 16.8. The Hall–Kier alpha value is -7.22. The average molecular weight is 752 g/mol. The molecule has 0 saturated carbocycles. The minimum atomic E-state index is -0.426. The van der Waals surface area contributed by atoms with Crippen molar-refractivity contribution < 1.29 is 0 Å². The molecule has 0 radical (unpaired) electrons. The Bertz CT molecular complexity index is 3090. The van der Waals surface area contributed by atoms with E-state index in [1.54, 1.807) is 0 Å². The Balaban J connectivity index is 1.10. The lowest BCUT2D eigenvalue weighted by Crippen LogP contribution is -2.26. The Kier molecular flexibility index (Phi) is 7.26. The van der Waals surface area contributed by atoms with Crippen LogP contribution in [0.1, 0.15) is 47.2 Å². The summed E-state index contributed by atoms with van der Waals surface area (Å²) in [4.78, 5) is 2.53. The normalized spacial score (nSPS) is 14.2. The summed E-state index contributed by atoms with van der Waals surface area (Å²) in [5.74, 6) is 0. The van der Waals surface area contributed by atoms with Crippen molar-refractivity contribution in [3.05, 3.63) is 246 Å². The molecule has 3 aliphatic carbocycles. The third kappa shape index (κ3) is 4.73. The van der Waals surface area contributed by atoms with Crippen LogP contribution in [0.3, 0.4) is 0 Å². The van der Waals surface area contributed by atoms with Gasteiger partial charge in [0, 0.05) is 22.4 Å². The number of fused-ring (bicyclic) bond motifs is 13. The maximum Gasteiger partial charge on any atom is 0.0726 e. The molecule has 1 heteroatoms. The zero-order valence-corrected chi connectivity index (χ0v) is 33.2. The number of rotatable bonds is 5. The van der Waals surface area contributed by atoms with Crippen molar-refractivity contribution in [1.29, 1.82) is 0 Å². The van der Waals surface area contributed by atoms with Crippen LogP contribution in [0.5, 0.6) is 0 Å². The zero-order valence-electron chi connectivity index (χ0n) is 33.2. The number of hydrogen-bond acceptors (Lipinski definition) is 1. The first-order valence-corrected chi connectivity index (χ1v) is 20.8. The van der Waals surface area contributed by atoms with Crippen LogP contribution in [-0.2, 0) is 10.8 Å². The zero-order chi connectivity index (χ0) is 39.3. The van der Waals surface area contributed by atoms with E-state index < -0.39 is 5.41 Å². The average Bonchev–Trinajstić information content (AvgIpc) is 3.86. The van der Waals surface area contributed by atoms with Gasteiger partial charge < -0.3 is 4.90 Å². The van der Waals surface area contributed by atoms with Crippen molar-refractivity contribution in [2.24, 2.45) is 0 Å². The maximum absolute atomic E-state index is 2.53. The van der Waals surface area contributed by atoms with Crippen molar-refractivity contribution >= 4 is 17.1 Å². The molecular formula is C58H41N. The third-order valence-corrected chi connectivity index (χ3v) is 13.5. The quantitative estimate of drug-likeness (QED) is 0.169. The van der Waals surface area contributed by atoms with Gasteiger partial charge in [-0.05, 0) is 114 Å². The minimum absolute atomic E-state index is 0.136. The molecule has 9 aromatic rings. The number of benzene rings is 9. The molecular weight excluding hydrogens is 711 g/mol. The van der Waals surface area contributed by atoms with Gasteiger partial charge in [0.2, 0.25) is 0 Å². The van der Waals surface area contributed by atoms with Gasteiger partial charge in [0.15, 0.2) is 0 Å². The summed E-state index contributed by atoms with van der Waals surface area (Å²) in [5, 5.41) is 0. The van der Waals surface area contributed by atoms with Gasteiger partial charge in [-0.15, -0.1) is 0 Å². The van der Waals surface area contributed by atoms with Crippen LogP contribution in [-0.4, -0.2) is 0 Å². The number of anilines is 3. The van der Waals surface area contributed by atoms with E-state index in [9.17, 15) is 0 Å². The predicted octanol–water partition coefficient (Wildman–Crippen LogP) is 15.1. The van der Waals surface area contributed by atoms with E-state index in [2.05, 4.69) is 231 Å². The summed E-state index contributed by atoms with van der Waals surface area (Å²) in [6.07, 6.45) is 0. The number of nitrogens with zero attached hydrogens (tertiary/aromatic N) is 1. The van der Waals surface area contributed by atoms with Crippen LogP contribution >= 0.6 is 0 Å². The lowest BCUT2D eigenvalue weighted by atomic mass is 9.70. The van der Waals surface area contributed by atoms with Gasteiger partial charge in [-0.1, -0.05) is 196 Å². The Morgan fingerprint density at radius 1 is 0.305 bits per heavy atom. The van der Waals surface area contributed by atoms with Gasteiger partial charge in [0.25, 0.3) is 0 Å². The summed E-state index contributed by atoms with van der Waals surface area (Å²) in [6.45, 7) is 4.75. The largest absolute Gasteiger partial charge is 0.310 e. The van der Waals surface area contributed by atoms with E-state index in [0.717, 1.165) is 11.4 Å². The molecule has 0 unspecified atom stereocenters. The highest BCUT2D eigenvalue weighted by molar-refractivity contribution is 6.01. The molecule has 12 rings (SSSR count). The van der Waals surface area contributed by atoms with E-state index in [1.165, 1.54) is 94.7 Å². The van der Waals surface area contributed by atoms with Crippen molar-refractivity contribution in [3.63, 3.8) is 0 Å². The van der Waals surface area contributed by atoms with Crippen molar-refractivity contribution in [3.8, 4) is 55.6 Å². The second-order valence-corrected chi connectivity index (χ2v) is 16.8. The highest BCUT2D eigenvalue weighted by Gasteiger charge is 2.52. The first-order valence-electron chi connectivity index (χ1n) is 20.8. The lowest BCUT2D eigenvalue weighted by Gasteiger charge is -2.32. The summed E-state index contributed by atoms with van der Waals surface area (Å²) < 4.78 is 0. The molecule has 0 heterocycles. The van der Waals surface area contributed by atoms with Gasteiger partial charge in [-0.25, -0.2) is 0 Å². The highest BCUT2D eigenvalue weighted by atomic mass is 15.1. The molecule has 0 fully saturated rings. The van der Waals surface area contributed by atoms with Gasteiger partial charge in [-0.3, -0.25) is 0 Å². The molecule has 0 atom stereocenters. The Morgan fingerprint density at radius 2 is 0.763 bits per heavy atom. The van der Waals surface area contributed by atoms with Crippen LogP contribution in [0.15, 0.2) is 212 Å². The topological polar surface area (TPSA) is 3.24 Å².